The number of fused-ring (bicyclic) bond motifs is 1. The summed E-state index contributed by atoms with van der Waals surface area (Å²) in [6, 6.07) is 9.57. The van der Waals surface area contributed by atoms with Crippen molar-refractivity contribution in [3.63, 3.8) is 0 Å². The lowest BCUT2D eigenvalue weighted by Crippen LogP contribution is -2.33. The SMILES string of the molecule is Cc1cc(C(=O)N[C@H](C)c2ccc(N3CCCCC3)cc2)c2c(=O)[nH]c(=O)n(C)c2n1. The maximum Gasteiger partial charge on any atom is 0.329 e. The van der Waals surface area contributed by atoms with Crippen molar-refractivity contribution in [2.24, 2.45) is 7.05 Å². The number of nitrogens with zero attached hydrogens (tertiary/aromatic N) is 3. The Balaban J connectivity index is 1.59. The molecule has 2 aromatic heterocycles. The van der Waals surface area contributed by atoms with Gasteiger partial charge in [0.25, 0.3) is 11.5 Å². The summed E-state index contributed by atoms with van der Waals surface area (Å²) in [5.74, 6) is -0.382. The normalized spacial score (nSPS) is 15.1. The second-order valence-corrected chi connectivity index (χ2v) is 8.16. The van der Waals surface area contributed by atoms with Crippen LogP contribution in [0.3, 0.4) is 0 Å². The lowest BCUT2D eigenvalue weighted by atomic mass is 10.0. The van der Waals surface area contributed by atoms with E-state index in [2.05, 4.69) is 32.3 Å². The van der Waals surface area contributed by atoms with Crippen LogP contribution in [0.1, 0.15) is 53.8 Å². The second kappa shape index (κ2) is 8.37. The van der Waals surface area contributed by atoms with Gasteiger partial charge in [0.05, 0.1) is 17.0 Å². The maximum atomic E-state index is 13.1. The van der Waals surface area contributed by atoms with E-state index in [0.29, 0.717) is 5.69 Å². The van der Waals surface area contributed by atoms with E-state index in [9.17, 15) is 14.4 Å². The number of aromatic amines is 1. The minimum absolute atomic E-state index is 0.109. The first-order valence-electron chi connectivity index (χ1n) is 10.6. The molecule has 8 nitrogen and oxygen atoms in total. The van der Waals surface area contributed by atoms with Gasteiger partial charge in [-0.25, -0.2) is 9.78 Å². The lowest BCUT2D eigenvalue weighted by molar-refractivity contribution is 0.0941. The minimum atomic E-state index is -0.616. The fraction of sp³-hybridized carbons (Fsp3) is 0.391. The van der Waals surface area contributed by atoms with Crippen LogP contribution in [0.15, 0.2) is 39.9 Å². The Hall–Kier alpha value is -3.42. The molecule has 0 saturated carbocycles. The molecule has 4 rings (SSSR count). The van der Waals surface area contributed by atoms with E-state index in [1.807, 2.05) is 19.1 Å². The van der Waals surface area contributed by atoms with Gasteiger partial charge in [0, 0.05) is 31.5 Å². The van der Waals surface area contributed by atoms with Crippen molar-refractivity contribution in [2.75, 3.05) is 18.0 Å². The van der Waals surface area contributed by atoms with Crippen molar-refractivity contribution < 1.29 is 4.79 Å². The maximum absolute atomic E-state index is 13.1. The average molecular weight is 422 g/mol. The first-order chi connectivity index (χ1) is 14.8. The molecule has 1 aliphatic rings. The zero-order valence-corrected chi connectivity index (χ0v) is 18.1. The Morgan fingerprint density at radius 1 is 1.13 bits per heavy atom. The van der Waals surface area contributed by atoms with Gasteiger partial charge in [0.2, 0.25) is 0 Å². The molecular weight excluding hydrogens is 394 g/mol. The summed E-state index contributed by atoms with van der Waals surface area (Å²) < 4.78 is 1.24. The highest BCUT2D eigenvalue weighted by atomic mass is 16.2. The molecule has 3 heterocycles. The predicted octanol–water partition coefficient (Wildman–Crippen LogP) is 2.41. The monoisotopic (exact) mass is 421 g/mol. The topological polar surface area (TPSA) is 100 Å². The van der Waals surface area contributed by atoms with Gasteiger partial charge in [-0.1, -0.05) is 12.1 Å². The largest absolute Gasteiger partial charge is 0.372 e. The molecule has 0 aliphatic carbocycles. The van der Waals surface area contributed by atoms with E-state index in [1.165, 1.54) is 36.6 Å². The van der Waals surface area contributed by atoms with Gasteiger partial charge in [-0.3, -0.25) is 19.1 Å². The molecule has 1 aliphatic heterocycles. The summed E-state index contributed by atoms with van der Waals surface area (Å²) in [7, 11) is 1.52. The van der Waals surface area contributed by atoms with Crippen LogP contribution in [0.5, 0.6) is 0 Å². The van der Waals surface area contributed by atoms with Gasteiger partial charge in [-0.15, -0.1) is 0 Å². The molecule has 1 amide bonds. The molecule has 162 valence electrons. The minimum Gasteiger partial charge on any atom is -0.372 e. The fourth-order valence-electron chi connectivity index (χ4n) is 4.13. The fourth-order valence-corrected chi connectivity index (χ4v) is 4.13. The van der Waals surface area contributed by atoms with Crippen LogP contribution in [0.25, 0.3) is 11.0 Å². The predicted molar refractivity (Wildman–Crippen MR) is 121 cm³/mol. The summed E-state index contributed by atoms with van der Waals surface area (Å²) in [6.07, 6.45) is 3.73. The van der Waals surface area contributed by atoms with Crippen molar-refractivity contribution in [3.05, 3.63) is 68.0 Å². The summed E-state index contributed by atoms with van der Waals surface area (Å²) in [4.78, 5) is 46.3. The molecule has 0 unspecified atom stereocenters. The van der Waals surface area contributed by atoms with Crippen LogP contribution in [-0.2, 0) is 7.05 Å². The van der Waals surface area contributed by atoms with Crippen LogP contribution < -0.4 is 21.5 Å². The number of piperidine rings is 1. The molecule has 2 N–H and O–H groups in total. The highest BCUT2D eigenvalue weighted by molar-refractivity contribution is 6.05. The number of benzene rings is 1. The van der Waals surface area contributed by atoms with Crippen LogP contribution in [0.2, 0.25) is 0 Å². The third-order valence-corrected chi connectivity index (χ3v) is 5.90. The third kappa shape index (κ3) is 4.10. The Labute approximate surface area is 179 Å². The Morgan fingerprint density at radius 2 is 1.81 bits per heavy atom. The van der Waals surface area contributed by atoms with Crippen molar-refractivity contribution in [2.45, 2.75) is 39.2 Å². The highest BCUT2D eigenvalue weighted by Gasteiger charge is 2.20. The van der Waals surface area contributed by atoms with Crippen molar-refractivity contribution in [3.8, 4) is 0 Å². The van der Waals surface area contributed by atoms with Gasteiger partial charge < -0.3 is 10.2 Å². The number of aryl methyl sites for hydroxylation is 2. The number of hydrogen-bond donors (Lipinski definition) is 2. The number of carbonyl (C=O) groups is 1. The molecule has 0 spiro atoms. The first-order valence-corrected chi connectivity index (χ1v) is 10.6. The number of carbonyl (C=O) groups excluding carboxylic acids is 1. The Kier molecular flexibility index (Phi) is 5.63. The van der Waals surface area contributed by atoms with Gasteiger partial charge in [0.15, 0.2) is 0 Å². The molecule has 31 heavy (non-hydrogen) atoms. The third-order valence-electron chi connectivity index (χ3n) is 5.90. The molecule has 1 fully saturated rings. The van der Waals surface area contributed by atoms with E-state index in [1.54, 1.807) is 13.0 Å². The van der Waals surface area contributed by atoms with E-state index >= 15 is 0 Å². The molecule has 0 bridgehead atoms. The van der Waals surface area contributed by atoms with E-state index in [-0.39, 0.29) is 28.5 Å². The molecule has 3 aromatic rings. The number of hydrogen-bond acceptors (Lipinski definition) is 5. The molecule has 1 atom stereocenters. The van der Waals surface area contributed by atoms with Gasteiger partial charge in [-0.2, -0.15) is 0 Å². The Bertz CT molecular complexity index is 1240. The number of H-pyrrole nitrogens is 1. The number of rotatable bonds is 4. The van der Waals surface area contributed by atoms with E-state index in [4.69, 9.17) is 0 Å². The average Bonchev–Trinajstić information content (AvgIpc) is 2.77. The van der Waals surface area contributed by atoms with Crippen LogP contribution in [0, 0.1) is 6.92 Å². The standard InChI is InChI=1S/C23H27N5O3/c1-14-13-18(19-20(24-14)27(3)23(31)26-22(19)30)21(29)25-15(2)16-7-9-17(10-8-16)28-11-5-4-6-12-28/h7-10,13,15H,4-6,11-12H2,1-3H3,(H,25,29)(H,26,30,31)/t15-/m1/s1. The lowest BCUT2D eigenvalue weighted by Gasteiger charge is -2.29. The summed E-state index contributed by atoms with van der Waals surface area (Å²) in [5, 5.41) is 3.08. The molecule has 0 radical (unpaired) electrons. The summed E-state index contributed by atoms with van der Waals surface area (Å²) >= 11 is 0. The van der Waals surface area contributed by atoms with Gasteiger partial charge >= 0.3 is 5.69 Å². The van der Waals surface area contributed by atoms with Crippen LogP contribution in [0.4, 0.5) is 5.69 Å². The molecular formula is C23H27N5O3. The van der Waals surface area contributed by atoms with E-state index in [0.717, 1.165) is 18.7 Å². The molecule has 1 saturated heterocycles. The zero-order valence-electron chi connectivity index (χ0n) is 18.1. The van der Waals surface area contributed by atoms with Crippen molar-refractivity contribution in [1.29, 1.82) is 0 Å². The van der Waals surface area contributed by atoms with Crippen LogP contribution in [-0.4, -0.2) is 33.5 Å². The number of amides is 1. The Morgan fingerprint density at radius 3 is 2.48 bits per heavy atom. The number of nitrogens with one attached hydrogen (secondary N) is 2. The smallest absolute Gasteiger partial charge is 0.329 e. The first kappa shape index (κ1) is 20.8. The molecule has 1 aromatic carbocycles. The number of aromatic nitrogens is 3. The van der Waals surface area contributed by atoms with Gasteiger partial charge in [-0.05, 0) is 56.9 Å². The number of anilines is 1. The molecule has 8 heteroatoms. The highest BCUT2D eigenvalue weighted by Crippen LogP contribution is 2.23. The van der Waals surface area contributed by atoms with Gasteiger partial charge in [0.1, 0.15) is 5.65 Å². The summed E-state index contributed by atoms with van der Waals surface area (Å²) in [6.45, 7) is 5.79. The van der Waals surface area contributed by atoms with E-state index < -0.39 is 11.2 Å². The number of pyridine rings is 1. The second-order valence-electron chi connectivity index (χ2n) is 8.16. The quantitative estimate of drug-likeness (QED) is 0.674. The van der Waals surface area contributed by atoms with Crippen LogP contribution >= 0.6 is 0 Å². The summed E-state index contributed by atoms with van der Waals surface area (Å²) in [5.41, 5.74) is 1.94. The van der Waals surface area contributed by atoms with Crippen molar-refractivity contribution in [1.82, 2.24) is 19.9 Å². The zero-order chi connectivity index (χ0) is 22.1. The van der Waals surface area contributed by atoms with Crippen molar-refractivity contribution >= 4 is 22.6 Å².